The molecule has 1 N–H and O–H groups in total. The summed E-state index contributed by atoms with van der Waals surface area (Å²) in [6, 6.07) is 16.9. The fourth-order valence-electron chi connectivity index (χ4n) is 2.92. The van der Waals surface area contributed by atoms with Gasteiger partial charge in [0, 0.05) is 32.3 Å². The van der Waals surface area contributed by atoms with Crippen molar-refractivity contribution in [2.45, 2.75) is 0 Å². The lowest BCUT2D eigenvalue weighted by Crippen LogP contribution is -2.50. The number of benzene rings is 2. The van der Waals surface area contributed by atoms with Gasteiger partial charge in [-0.1, -0.05) is 54.1 Å². The average Bonchev–Trinajstić information content (AvgIpc) is 2.69. The van der Waals surface area contributed by atoms with Crippen LogP contribution in [0, 0.1) is 0 Å². The molecule has 0 radical (unpaired) electrons. The van der Waals surface area contributed by atoms with Crippen LogP contribution in [-0.4, -0.2) is 54.3 Å². The number of para-hydroxylation sites is 1. The minimum atomic E-state index is -0.105. The maximum absolute atomic E-state index is 12.3. The van der Waals surface area contributed by atoms with Crippen molar-refractivity contribution in [2.24, 2.45) is 0 Å². The first-order valence-corrected chi connectivity index (χ1v) is 9.28. The van der Waals surface area contributed by atoms with Gasteiger partial charge in [-0.25, -0.2) is 0 Å². The third kappa shape index (κ3) is 5.67. The smallest absolute Gasteiger partial charge is 0.246 e. The normalized spacial score (nSPS) is 15.1. The van der Waals surface area contributed by atoms with Crippen molar-refractivity contribution < 1.29 is 9.59 Å². The number of nitrogens with one attached hydrogen (secondary N) is 1. The molecule has 0 unspecified atom stereocenters. The summed E-state index contributed by atoms with van der Waals surface area (Å²) in [6.07, 6.45) is 3.43. The molecule has 140 valence electrons. The van der Waals surface area contributed by atoms with Gasteiger partial charge >= 0.3 is 0 Å². The van der Waals surface area contributed by atoms with Crippen LogP contribution in [0.3, 0.4) is 0 Å². The van der Waals surface area contributed by atoms with Crippen LogP contribution in [0.5, 0.6) is 0 Å². The predicted octanol–water partition coefficient (Wildman–Crippen LogP) is 3.14. The standard InChI is InChI=1S/C21H22ClN3O2/c22-18-8-4-5-9-19(18)23-20(26)16-24-12-14-25(15-13-24)21(27)11-10-17-6-2-1-3-7-17/h1-11H,12-16H2,(H,23,26)/b11-10-. The fourth-order valence-corrected chi connectivity index (χ4v) is 3.10. The molecule has 3 rings (SSSR count). The summed E-state index contributed by atoms with van der Waals surface area (Å²) in [5.41, 5.74) is 1.62. The van der Waals surface area contributed by atoms with Crippen molar-refractivity contribution in [1.29, 1.82) is 0 Å². The summed E-state index contributed by atoms with van der Waals surface area (Å²) in [4.78, 5) is 28.4. The predicted molar refractivity (Wildman–Crippen MR) is 109 cm³/mol. The van der Waals surface area contributed by atoms with Crippen LogP contribution in [0.25, 0.3) is 6.08 Å². The van der Waals surface area contributed by atoms with Crippen molar-refractivity contribution in [3.63, 3.8) is 0 Å². The third-order valence-corrected chi connectivity index (χ3v) is 4.75. The topological polar surface area (TPSA) is 52.7 Å². The van der Waals surface area contributed by atoms with E-state index < -0.39 is 0 Å². The highest BCUT2D eigenvalue weighted by Crippen LogP contribution is 2.20. The van der Waals surface area contributed by atoms with E-state index in [0.717, 1.165) is 5.56 Å². The number of hydrogen-bond acceptors (Lipinski definition) is 3. The van der Waals surface area contributed by atoms with Gasteiger partial charge in [-0.05, 0) is 23.8 Å². The molecular weight excluding hydrogens is 362 g/mol. The monoisotopic (exact) mass is 383 g/mol. The molecule has 2 aromatic rings. The first-order chi connectivity index (χ1) is 13.1. The van der Waals surface area contributed by atoms with Gasteiger partial charge in [-0.2, -0.15) is 0 Å². The first kappa shape index (κ1) is 19.1. The summed E-state index contributed by atoms with van der Waals surface area (Å²) in [5.74, 6) is -0.106. The molecule has 0 spiro atoms. The summed E-state index contributed by atoms with van der Waals surface area (Å²) in [6.45, 7) is 2.84. The van der Waals surface area contributed by atoms with Gasteiger partial charge < -0.3 is 10.2 Å². The van der Waals surface area contributed by atoms with E-state index in [4.69, 9.17) is 11.6 Å². The largest absolute Gasteiger partial charge is 0.337 e. The van der Waals surface area contributed by atoms with E-state index in [0.29, 0.717) is 36.9 Å². The van der Waals surface area contributed by atoms with Crippen LogP contribution in [0.2, 0.25) is 5.02 Å². The Labute approximate surface area is 164 Å². The van der Waals surface area contributed by atoms with Crippen molar-refractivity contribution in [2.75, 3.05) is 38.0 Å². The Balaban J connectivity index is 1.44. The molecule has 0 atom stereocenters. The minimum Gasteiger partial charge on any atom is -0.337 e. The van der Waals surface area contributed by atoms with Crippen LogP contribution in [-0.2, 0) is 9.59 Å². The number of amides is 2. The Morgan fingerprint density at radius 1 is 0.963 bits per heavy atom. The van der Waals surface area contributed by atoms with E-state index in [1.807, 2.05) is 58.3 Å². The average molecular weight is 384 g/mol. The van der Waals surface area contributed by atoms with Crippen molar-refractivity contribution in [3.05, 3.63) is 71.3 Å². The van der Waals surface area contributed by atoms with Gasteiger partial charge in [0.15, 0.2) is 0 Å². The minimum absolute atomic E-state index is 0.000906. The fraction of sp³-hybridized carbons (Fsp3) is 0.238. The third-order valence-electron chi connectivity index (χ3n) is 4.42. The SMILES string of the molecule is O=C(CN1CCN(C(=O)/C=C\c2ccccc2)CC1)Nc1ccccc1Cl. The summed E-state index contributed by atoms with van der Waals surface area (Å²) in [5, 5.41) is 3.35. The zero-order valence-corrected chi connectivity index (χ0v) is 15.7. The van der Waals surface area contributed by atoms with Gasteiger partial charge in [0.25, 0.3) is 0 Å². The van der Waals surface area contributed by atoms with E-state index in [1.54, 1.807) is 18.2 Å². The Morgan fingerprint density at radius 3 is 2.33 bits per heavy atom. The molecule has 1 fully saturated rings. The van der Waals surface area contributed by atoms with E-state index >= 15 is 0 Å². The van der Waals surface area contributed by atoms with Gasteiger partial charge in [0.2, 0.25) is 11.8 Å². The molecule has 0 aliphatic carbocycles. The number of halogens is 1. The van der Waals surface area contributed by atoms with E-state index in [-0.39, 0.29) is 18.4 Å². The lowest BCUT2D eigenvalue weighted by molar-refractivity contribution is -0.127. The number of piperazine rings is 1. The van der Waals surface area contributed by atoms with Crippen LogP contribution in [0.15, 0.2) is 60.7 Å². The number of nitrogens with zero attached hydrogens (tertiary/aromatic N) is 2. The first-order valence-electron chi connectivity index (χ1n) is 8.90. The maximum Gasteiger partial charge on any atom is 0.246 e. The lowest BCUT2D eigenvalue weighted by Gasteiger charge is -2.33. The molecule has 1 saturated heterocycles. The molecule has 1 aliphatic heterocycles. The van der Waals surface area contributed by atoms with Crippen molar-refractivity contribution in [3.8, 4) is 0 Å². The summed E-state index contributed by atoms with van der Waals surface area (Å²) < 4.78 is 0. The molecule has 0 aromatic heterocycles. The van der Waals surface area contributed by atoms with E-state index in [1.165, 1.54) is 0 Å². The van der Waals surface area contributed by atoms with E-state index in [9.17, 15) is 9.59 Å². The van der Waals surface area contributed by atoms with Crippen molar-refractivity contribution in [1.82, 2.24) is 9.80 Å². The highest BCUT2D eigenvalue weighted by molar-refractivity contribution is 6.33. The molecule has 0 bridgehead atoms. The highest BCUT2D eigenvalue weighted by Gasteiger charge is 2.21. The van der Waals surface area contributed by atoms with Gasteiger partial charge in [-0.15, -0.1) is 0 Å². The molecule has 5 nitrogen and oxygen atoms in total. The van der Waals surface area contributed by atoms with Crippen LogP contribution < -0.4 is 5.32 Å². The maximum atomic E-state index is 12.3. The Kier molecular flexibility index (Phi) is 6.63. The summed E-state index contributed by atoms with van der Waals surface area (Å²) >= 11 is 6.06. The Morgan fingerprint density at radius 2 is 1.63 bits per heavy atom. The number of hydrogen-bond donors (Lipinski definition) is 1. The molecule has 6 heteroatoms. The number of carbonyl (C=O) groups is 2. The van der Waals surface area contributed by atoms with Gasteiger partial charge in [0.1, 0.15) is 0 Å². The number of rotatable bonds is 5. The highest BCUT2D eigenvalue weighted by atomic mass is 35.5. The zero-order valence-electron chi connectivity index (χ0n) is 15.0. The van der Waals surface area contributed by atoms with Crippen LogP contribution in [0.1, 0.15) is 5.56 Å². The second-order valence-electron chi connectivity index (χ2n) is 6.37. The Hall–Kier alpha value is -2.63. The second-order valence-corrected chi connectivity index (χ2v) is 6.78. The summed E-state index contributed by atoms with van der Waals surface area (Å²) in [7, 11) is 0. The zero-order chi connectivity index (χ0) is 19.1. The van der Waals surface area contributed by atoms with Gasteiger partial charge in [-0.3, -0.25) is 14.5 Å². The second kappa shape index (κ2) is 9.35. The van der Waals surface area contributed by atoms with Crippen LogP contribution >= 0.6 is 11.6 Å². The number of anilines is 1. The molecule has 2 amide bonds. The lowest BCUT2D eigenvalue weighted by atomic mass is 10.2. The van der Waals surface area contributed by atoms with Crippen LogP contribution in [0.4, 0.5) is 5.69 Å². The molecule has 2 aromatic carbocycles. The molecule has 1 heterocycles. The quantitative estimate of drug-likeness (QED) is 0.807. The molecule has 27 heavy (non-hydrogen) atoms. The van der Waals surface area contributed by atoms with E-state index in [2.05, 4.69) is 5.32 Å². The molecule has 0 saturated carbocycles. The number of carbonyl (C=O) groups excluding carboxylic acids is 2. The molecule has 1 aliphatic rings. The van der Waals surface area contributed by atoms with Crippen molar-refractivity contribution >= 4 is 35.2 Å². The van der Waals surface area contributed by atoms with Gasteiger partial charge in [0.05, 0.1) is 17.3 Å². The Bertz CT molecular complexity index is 815. The molecular formula is C21H22ClN3O2.